The average molecular weight is 208 g/mol. The third-order valence-electron chi connectivity index (χ3n) is 1.25. The molecule has 8 heteroatoms. The van der Waals surface area contributed by atoms with Crippen LogP contribution in [0.2, 0.25) is 0 Å². The van der Waals surface area contributed by atoms with Crippen molar-refractivity contribution in [1.29, 1.82) is 0 Å². The molecule has 0 aromatic carbocycles. The Balaban J connectivity index is 4.73. The second kappa shape index (κ2) is 3.71. The highest BCUT2D eigenvalue weighted by Crippen LogP contribution is 2.03. The van der Waals surface area contributed by atoms with E-state index in [0.29, 0.717) is 0 Å². The molecule has 0 saturated heterocycles. The van der Waals surface area contributed by atoms with Gasteiger partial charge < -0.3 is 5.73 Å². The normalized spacial score (nSPS) is 11.4. The highest BCUT2D eigenvalue weighted by molar-refractivity contribution is 7.88. The Hall–Kier alpha value is -1.15. The van der Waals surface area contributed by atoms with E-state index in [2.05, 4.69) is 0 Å². The molecule has 0 aromatic rings. The third-order valence-corrected chi connectivity index (χ3v) is 2.13. The van der Waals surface area contributed by atoms with Gasteiger partial charge in [0.1, 0.15) is 5.92 Å². The topological polar surface area (TPSA) is 124 Å². The molecule has 0 aliphatic rings. The number of hydrazine groups is 1. The van der Waals surface area contributed by atoms with Crippen LogP contribution in [-0.4, -0.2) is 30.9 Å². The number of sulfonamides is 1. The quantitative estimate of drug-likeness (QED) is 0.234. The predicted octanol–water partition coefficient (Wildman–Crippen LogP) is -2.27. The summed E-state index contributed by atoms with van der Waals surface area (Å²) in [5.41, 5.74) is 4.74. The summed E-state index contributed by atoms with van der Waals surface area (Å²) < 4.78 is 21.4. The maximum atomic E-state index is 11.0. The maximum Gasteiger partial charge on any atom is 0.267 e. The first-order chi connectivity index (χ1) is 5.68. The SMILES string of the molecule is C[C](C(N)=O)C(=O)N(N)S(C)(=O)=O. The number of nitrogens with zero attached hydrogens (tertiary/aromatic N) is 1. The van der Waals surface area contributed by atoms with E-state index in [1.165, 1.54) is 0 Å². The zero-order valence-electron chi connectivity index (χ0n) is 7.14. The summed E-state index contributed by atoms with van der Waals surface area (Å²) in [6.07, 6.45) is 0.735. The summed E-state index contributed by atoms with van der Waals surface area (Å²) in [5, 5.41) is 0. The molecule has 0 fully saturated rings. The Bertz CT molecular complexity index is 323. The highest BCUT2D eigenvalue weighted by atomic mass is 32.2. The molecule has 0 atom stereocenters. The molecule has 4 N–H and O–H groups in total. The molecule has 0 bridgehead atoms. The van der Waals surface area contributed by atoms with Crippen LogP contribution < -0.4 is 11.6 Å². The van der Waals surface area contributed by atoms with Crippen LogP contribution in [0.1, 0.15) is 6.92 Å². The molecule has 2 amide bonds. The molecule has 0 unspecified atom stereocenters. The average Bonchev–Trinajstić information content (AvgIpc) is 1.98. The van der Waals surface area contributed by atoms with E-state index < -0.39 is 27.8 Å². The number of nitrogens with two attached hydrogens (primary N) is 2. The molecule has 0 rings (SSSR count). The number of carbonyl (C=O) groups is 2. The van der Waals surface area contributed by atoms with Crippen molar-refractivity contribution in [1.82, 2.24) is 4.41 Å². The van der Waals surface area contributed by atoms with Gasteiger partial charge in [0.15, 0.2) is 0 Å². The van der Waals surface area contributed by atoms with Crippen molar-refractivity contribution in [3.8, 4) is 0 Å². The fourth-order valence-electron chi connectivity index (χ4n) is 0.421. The Morgan fingerprint density at radius 1 is 1.31 bits per heavy atom. The minimum Gasteiger partial charge on any atom is -0.369 e. The van der Waals surface area contributed by atoms with E-state index in [0.717, 1.165) is 13.2 Å². The van der Waals surface area contributed by atoms with Gasteiger partial charge in [-0.15, -0.1) is 0 Å². The van der Waals surface area contributed by atoms with Crippen LogP contribution in [0, 0.1) is 5.92 Å². The van der Waals surface area contributed by atoms with E-state index >= 15 is 0 Å². The smallest absolute Gasteiger partial charge is 0.267 e. The number of carbonyl (C=O) groups excluding carboxylic acids is 2. The van der Waals surface area contributed by atoms with Crippen LogP contribution in [0.15, 0.2) is 0 Å². The van der Waals surface area contributed by atoms with Crippen molar-refractivity contribution in [2.24, 2.45) is 11.6 Å². The molecule has 7 nitrogen and oxygen atoms in total. The van der Waals surface area contributed by atoms with Crippen LogP contribution in [0.4, 0.5) is 0 Å². The number of hydrogen-bond acceptors (Lipinski definition) is 5. The minimum absolute atomic E-state index is 0.0346. The lowest BCUT2D eigenvalue weighted by Gasteiger charge is -2.15. The summed E-state index contributed by atoms with van der Waals surface area (Å²) in [6, 6.07) is 0. The Kier molecular flexibility index (Phi) is 3.38. The van der Waals surface area contributed by atoms with Crippen molar-refractivity contribution in [3.63, 3.8) is 0 Å². The fraction of sp³-hybridized carbons (Fsp3) is 0.400. The Morgan fingerprint density at radius 3 is 1.92 bits per heavy atom. The van der Waals surface area contributed by atoms with E-state index in [1.807, 2.05) is 0 Å². The third kappa shape index (κ3) is 2.99. The zero-order valence-corrected chi connectivity index (χ0v) is 7.96. The summed E-state index contributed by atoms with van der Waals surface area (Å²) in [5.74, 6) is 2.32. The van der Waals surface area contributed by atoms with Gasteiger partial charge in [-0.2, -0.15) is 4.41 Å². The van der Waals surface area contributed by atoms with E-state index in [4.69, 9.17) is 11.6 Å². The molecule has 0 saturated carbocycles. The Labute approximate surface area is 75.7 Å². The first-order valence-corrected chi connectivity index (χ1v) is 4.95. The monoisotopic (exact) mass is 208 g/mol. The second-order valence-corrected chi connectivity index (χ2v) is 4.21. The van der Waals surface area contributed by atoms with Crippen LogP contribution in [0.3, 0.4) is 0 Å². The number of hydrogen-bond donors (Lipinski definition) is 2. The van der Waals surface area contributed by atoms with Crippen LogP contribution in [0.5, 0.6) is 0 Å². The predicted molar refractivity (Wildman–Crippen MR) is 44.0 cm³/mol. The molecule has 0 heterocycles. The molecule has 0 aromatic heterocycles. The number of amides is 2. The lowest BCUT2D eigenvalue weighted by atomic mass is 10.1. The van der Waals surface area contributed by atoms with Gasteiger partial charge in [-0.05, 0) is 6.92 Å². The van der Waals surface area contributed by atoms with Crippen molar-refractivity contribution < 1.29 is 18.0 Å². The molecule has 0 aliphatic carbocycles. The fourth-order valence-corrected chi connectivity index (χ4v) is 0.859. The molecule has 1 radical (unpaired) electrons. The summed E-state index contributed by atoms with van der Waals surface area (Å²) >= 11 is 0. The van der Waals surface area contributed by atoms with Crippen molar-refractivity contribution in [3.05, 3.63) is 5.92 Å². The first-order valence-electron chi connectivity index (χ1n) is 3.10. The van der Waals surface area contributed by atoms with Gasteiger partial charge in [-0.1, -0.05) is 0 Å². The van der Waals surface area contributed by atoms with Gasteiger partial charge in [0, 0.05) is 0 Å². The standard InChI is InChI=1S/C5H10N3O4S/c1-3(4(6)9)5(10)8(7)13(2,11)12/h7H2,1-2H3,(H2,6,9). The van der Waals surface area contributed by atoms with Gasteiger partial charge in [0.05, 0.1) is 6.26 Å². The van der Waals surface area contributed by atoms with Crippen LogP contribution >= 0.6 is 0 Å². The molecule has 75 valence electrons. The lowest BCUT2D eigenvalue weighted by molar-refractivity contribution is -0.128. The van der Waals surface area contributed by atoms with Gasteiger partial charge in [-0.25, -0.2) is 14.3 Å². The summed E-state index contributed by atoms with van der Waals surface area (Å²) in [6.45, 7) is 1.09. The van der Waals surface area contributed by atoms with Gasteiger partial charge in [-0.3, -0.25) is 9.59 Å². The number of primary amides is 1. The van der Waals surface area contributed by atoms with E-state index in [9.17, 15) is 18.0 Å². The largest absolute Gasteiger partial charge is 0.369 e. The molecular weight excluding hydrogens is 198 g/mol. The van der Waals surface area contributed by atoms with E-state index in [-0.39, 0.29) is 4.41 Å². The second-order valence-electron chi connectivity index (χ2n) is 2.35. The van der Waals surface area contributed by atoms with E-state index in [1.54, 1.807) is 0 Å². The van der Waals surface area contributed by atoms with Gasteiger partial charge in [0.25, 0.3) is 5.91 Å². The van der Waals surface area contributed by atoms with Crippen molar-refractivity contribution in [2.75, 3.05) is 6.26 Å². The molecule has 0 spiro atoms. The molecular formula is C5H10N3O4S. The lowest BCUT2D eigenvalue weighted by Crippen LogP contribution is -2.46. The Morgan fingerprint density at radius 2 is 1.69 bits per heavy atom. The van der Waals surface area contributed by atoms with Crippen molar-refractivity contribution in [2.45, 2.75) is 6.92 Å². The maximum absolute atomic E-state index is 11.0. The highest BCUT2D eigenvalue weighted by Gasteiger charge is 2.28. The van der Waals surface area contributed by atoms with Crippen LogP contribution in [-0.2, 0) is 19.6 Å². The molecule has 0 aliphatic heterocycles. The molecule has 13 heavy (non-hydrogen) atoms. The summed E-state index contributed by atoms with van der Waals surface area (Å²) in [7, 11) is -3.85. The van der Waals surface area contributed by atoms with Crippen LogP contribution in [0.25, 0.3) is 0 Å². The first kappa shape index (κ1) is 11.8. The number of rotatable bonds is 3. The van der Waals surface area contributed by atoms with Gasteiger partial charge >= 0.3 is 0 Å². The van der Waals surface area contributed by atoms with Gasteiger partial charge in [0.2, 0.25) is 15.9 Å². The minimum atomic E-state index is -3.85. The summed E-state index contributed by atoms with van der Waals surface area (Å²) in [4.78, 5) is 21.5. The zero-order chi connectivity index (χ0) is 10.8. The van der Waals surface area contributed by atoms with Crippen molar-refractivity contribution >= 4 is 21.8 Å².